The summed E-state index contributed by atoms with van der Waals surface area (Å²) in [5, 5.41) is 11.5. The molecule has 0 aliphatic rings. The van der Waals surface area contributed by atoms with Crippen LogP contribution in [0.2, 0.25) is 0 Å². The number of halogens is 4. The van der Waals surface area contributed by atoms with Gasteiger partial charge in [0, 0.05) is 20.3 Å². The summed E-state index contributed by atoms with van der Waals surface area (Å²) in [6.45, 7) is -0.376. The van der Waals surface area contributed by atoms with E-state index >= 15 is 0 Å². The summed E-state index contributed by atoms with van der Waals surface area (Å²) in [6, 6.07) is 0. The topological polar surface area (TPSA) is 87.0 Å². The molecule has 0 fully saturated rings. The van der Waals surface area contributed by atoms with Crippen molar-refractivity contribution >= 4 is 71.5 Å². The molecule has 0 aromatic carbocycles. The van der Waals surface area contributed by atoms with Gasteiger partial charge in [-0.3, -0.25) is 4.52 Å². The first-order valence-corrected chi connectivity index (χ1v) is 11.1. The van der Waals surface area contributed by atoms with Crippen LogP contribution in [0.1, 0.15) is 12.8 Å². The highest BCUT2D eigenvalue weighted by Gasteiger charge is 2.27. The fourth-order valence-corrected chi connectivity index (χ4v) is 3.34. The first kappa shape index (κ1) is 21.0. The van der Waals surface area contributed by atoms with Gasteiger partial charge in [0.1, 0.15) is 0 Å². The second kappa shape index (κ2) is 10.7. The van der Waals surface area contributed by atoms with Gasteiger partial charge in [-0.15, -0.1) is 0 Å². The minimum Gasteiger partial charge on any atom is -0.390 e. The van der Waals surface area contributed by atoms with Gasteiger partial charge in [-0.25, -0.2) is 4.57 Å². The van der Waals surface area contributed by atoms with Gasteiger partial charge in [-0.1, -0.05) is 63.7 Å². The van der Waals surface area contributed by atoms with Crippen molar-refractivity contribution in [1.82, 2.24) is 0 Å². The second-order valence-electron chi connectivity index (χ2n) is 4.09. The average molecular weight is 556 g/mol. The zero-order valence-electron chi connectivity index (χ0n) is 9.96. The highest BCUT2D eigenvalue weighted by Crippen LogP contribution is 2.37. The summed E-state index contributed by atoms with van der Waals surface area (Å²) >= 11 is 13.6. The summed E-state index contributed by atoms with van der Waals surface area (Å²) in [4.78, 5) is 17.7. The fraction of sp³-hybridized carbons (Fsp3) is 1.00. The monoisotopic (exact) mass is 552 g/mol. The van der Waals surface area contributed by atoms with Crippen molar-refractivity contribution in [3.63, 3.8) is 0 Å². The predicted octanol–water partition coefficient (Wildman–Crippen LogP) is 3.17. The number of aliphatic hydroxyl groups excluding tert-OH is 1. The molecular weight excluding hydrogens is 539 g/mol. The van der Waals surface area contributed by atoms with Crippen LogP contribution in [0.3, 0.4) is 0 Å². The maximum atomic E-state index is 10.6. The number of alkyl halides is 4. The molecule has 116 valence electrons. The molecule has 0 rings (SSSR count). The molecule has 0 bridgehead atoms. The van der Waals surface area contributed by atoms with E-state index < -0.39 is 13.9 Å². The second-order valence-corrected chi connectivity index (χ2v) is 9.21. The normalized spacial score (nSPS) is 18.9. The maximum absolute atomic E-state index is 10.6. The number of aliphatic hydroxyl groups is 1. The van der Waals surface area contributed by atoms with Crippen molar-refractivity contribution in [2.24, 2.45) is 5.92 Å². The lowest BCUT2D eigenvalue weighted by Crippen LogP contribution is -2.30. The fourth-order valence-electron chi connectivity index (χ4n) is 1.50. The third kappa shape index (κ3) is 11.2. The standard InChI is InChI=1S/C9H17Br4O5P/c10-3-7(12)1-6(2-8(13)4-11)9(14)5-18-19(15,16)17/h6-9,14H,1-5H2,(H2,15,16,17). The molecule has 5 nitrogen and oxygen atoms in total. The summed E-state index contributed by atoms with van der Waals surface area (Å²) in [5.41, 5.74) is 0. The Kier molecular flexibility index (Phi) is 11.8. The molecule has 0 spiro atoms. The molecule has 3 N–H and O–H groups in total. The van der Waals surface area contributed by atoms with Crippen LogP contribution >= 0.6 is 71.5 Å². The molecule has 0 aromatic rings. The van der Waals surface area contributed by atoms with E-state index in [0.717, 1.165) is 10.7 Å². The van der Waals surface area contributed by atoms with E-state index in [4.69, 9.17) is 9.79 Å². The Labute approximate surface area is 146 Å². The van der Waals surface area contributed by atoms with Gasteiger partial charge >= 0.3 is 7.82 Å². The van der Waals surface area contributed by atoms with Gasteiger partial charge in [0.05, 0.1) is 12.7 Å². The van der Waals surface area contributed by atoms with Gasteiger partial charge in [-0.2, -0.15) is 0 Å². The average Bonchev–Trinajstić information content (AvgIpc) is 2.33. The number of hydrogen-bond donors (Lipinski definition) is 3. The smallest absolute Gasteiger partial charge is 0.390 e. The quantitative estimate of drug-likeness (QED) is 0.285. The van der Waals surface area contributed by atoms with E-state index in [0.29, 0.717) is 12.8 Å². The molecule has 3 unspecified atom stereocenters. The number of rotatable bonds is 10. The molecule has 10 heteroatoms. The zero-order valence-corrected chi connectivity index (χ0v) is 17.2. The van der Waals surface area contributed by atoms with Gasteiger partial charge in [0.2, 0.25) is 0 Å². The highest BCUT2D eigenvalue weighted by atomic mass is 79.9. The largest absolute Gasteiger partial charge is 0.469 e. The van der Waals surface area contributed by atoms with Crippen LogP contribution in [-0.4, -0.2) is 47.9 Å². The number of hydrogen-bond acceptors (Lipinski definition) is 3. The van der Waals surface area contributed by atoms with E-state index in [1.165, 1.54) is 0 Å². The molecule has 19 heavy (non-hydrogen) atoms. The van der Waals surface area contributed by atoms with Crippen molar-refractivity contribution in [3.05, 3.63) is 0 Å². The molecule has 0 amide bonds. The third-order valence-electron chi connectivity index (χ3n) is 2.41. The summed E-state index contributed by atoms with van der Waals surface area (Å²) in [7, 11) is -4.54. The van der Waals surface area contributed by atoms with Crippen molar-refractivity contribution in [1.29, 1.82) is 0 Å². The number of phosphoric ester groups is 1. The van der Waals surface area contributed by atoms with Gasteiger partial charge in [0.15, 0.2) is 0 Å². The van der Waals surface area contributed by atoms with Gasteiger partial charge in [-0.05, 0) is 18.8 Å². The first-order chi connectivity index (χ1) is 8.69. The molecule has 0 saturated heterocycles. The van der Waals surface area contributed by atoms with E-state index in [-0.39, 0.29) is 22.2 Å². The molecule has 0 aliphatic heterocycles. The lowest BCUT2D eigenvalue weighted by atomic mass is 9.93. The van der Waals surface area contributed by atoms with Crippen LogP contribution in [0.25, 0.3) is 0 Å². The molecule has 0 heterocycles. The van der Waals surface area contributed by atoms with Crippen LogP contribution in [0, 0.1) is 5.92 Å². The lowest BCUT2D eigenvalue weighted by Gasteiger charge is -2.26. The van der Waals surface area contributed by atoms with Crippen LogP contribution in [0.5, 0.6) is 0 Å². The molecule has 3 atom stereocenters. The Morgan fingerprint density at radius 3 is 1.79 bits per heavy atom. The molecule has 0 aliphatic carbocycles. The third-order valence-corrected chi connectivity index (χ3v) is 7.59. The van der Waals surface area contributed by atoms with Gasteiger partial charge < -0.3 is 14.9 Å². The van der Waals surface area contributed by atoms with Crippen molar-refractivity contribution in [2.75, 3.05) is 17.3 Å². The van der Waals surface area contributed by atoms with Crippen LogP contribution < -0.4 is 0 Å². The van der Waals surface area contributed by atoms with Crippen molar-refractivity contribution < 1.29 is 24.0 Å². The Morgan fingerprint density at radius 2 is 1.47 bits per heavy atom. The van der Waals surface area contributed by atoms with Crippen molar-refractivity contribution in [3.8, 4) is 0 Å². The summed E-state index contributed by atoms with van der Waals surface area (Å²) in [5.74, 6) is -0.129. The van der Waals surface area contributed by atoms with E-state index in [1.807, 2.05) is 0 Å². The summed E-state index contributed by atoms with van der Waals surface area (Å²) < 4.78 is 15.0. The van der Waals surface area contributed by atoms with Gasteiger partial charge in [0.25, 0.3) is 0 Å². The SMILES string of the molecule is O=P(O)(O)OCC(O)C(CC(Br)CBr)CC(Br)CBr. The predicted molar refractivity (Wildman–Crippen MR) is 89.7 cm³/mol. The Balaban J connectivity index is 4.48. The minimum absolute atomic E-state index is 0.129. The molecule has 0 saturated carbocycles. The van der Waals surface area contributed by atoms with E-state index in [9.17, 15) is 9.67 Å². The minimum atomic E-state index is -4.54. The number of phosphoric acid groups is 1. The van der Waals surface area contributed by atoms with E-state index in [1.54, 1.807) is 0 Å². The highest BCUT2D eigenvalue weighted by molar-refractivity contribution is 9.12. The Hall–Kier alpha value is 1.99. The maximum Gasteiger partial charge on any atom is 0.469 e. The van der Waals surface area contributed by atoms with E-state index in [2.05, 4.69) is 68.2 Å². The van der Waals surface area contributed by atoms with Crippen LogP contribution in [0.4, 0.5) is 0 Å². The molecule has 0 radical (unpaired) electrons. The Morgan fingerprint density at radius 1 is 1.05 bits per heavy atom. The van der Waals surface area contributed by atoms with Crippen molar-refractivity contribution in [2.45, 2.75) is 28.6 Å². The van der Waals surface area contributed by atoms with Crippen LogP contribution in [0.15, 0.2) is 0 Å². The molecule has 0 aromatic heterocycles. The molecular formula is C9H17Br4O5P. The summed E-state index contributed by atoms with van der Waals surface area (Å²) in [6.07, 6.45) is 0.420. The zero-order chi connectivity index (χ0) is 15.1. The first-order valence-electron chi connectivity index (χ1n) is 5.47. The Bertz CT molecular complexity index is 278. The lowest BCUT2D eigenvalue weighted by molar-refractivity contribution is 0.0382. The van der Waals surface area contributed by atoms with Crippen LogP contribution in [-0.2, 0) is 9.09 Å².